The Morgan fingerprint density at radius 3 is 2.30 bits per heavy atom. The second kappa shape index (κ2) is 6.26. The molecule has 0 aliphatic heterocycles. The number of benzene rings is 1. The van der Waals surface area contributed by atoms with Gasteiger partial charge in [-0.3, -0.25) is 4.79 Å². The Bertz CT molecular complexity index is 470. The van der Waals surface area contributed by atoms with Crippen LogP contribution in [-0.4, -0.2) is 11.9 Å². The fourth-order valence-corrected chi connectivity index (χ4v) is 1.83. The third-order valence-corrected chi connectivity index (χ3v) is 2.95. The van der Waals surface area contributed by atoms with Gasteiger partial charge in [0.25, 0.3) is 0 Å². The Labute approximate surface area is 116 Å². The maximum Gasteiger partial charge on any atom is 0.416 e. The highest BCUT2D eigenvalue weighted by molar-refractivity contribution is 5.81. The molecule has 3 nitrogen and oxygen atoms in total. The van der Waals surface area contributed by atoms with E-state index in [2.05, 4.69) is 5.32 Å². The molecule has 1 unspecified atom stereocenters. The summed E-state index contributed by atoms with van der Waals surface area (Å²) >= 11 is 0. The second-order valence-electron chi connectivity index (χ2n) is 5.14. The highest BCUT2D eigenvalue weighted by Crippen LogP contribution is 2.32. The minimum Gasteiger partial charge on any atom is -0.348 e. The van der Waals surface area contributed by atoms with Crippen molar-refractivity contribution in [3.8, 4) is 0 Å². The van der Waals surface area contributed by atoms with Crippen LogP contribution >= 0.6 is 0 Å². The van der Waals surface area contributed by atoms with E-state index in [4.69, 9.17) is 5.73 Å². The summed E-state index contributed by atoms with van der Waals surface area (Å²) in [5, 5.41) is 2.68. The molecule has 2 atom stereocenters. The molecule has 1 rings (SSSR count). The molecular formula is C14H19F3N2O. The Morgan fingerprint density at radius 2 is 1.85 bits per heavy atom. The van der Waals surface area contributed by atoms with E-state index in [9.17, 15) is 18.0 Å². The van der Waals surface area contributed by atoms with Gasteiger partial charge in [-0.25, -0.2) is 0 Å². The average Bonchev–Trinajstić information content (AvgIpc) is 2.34. The van der Waals surface area contributed by atoms with Gasteiger partial charge in [-0.05, 0) is 30.5 Å². The maximum absolute atomic E-state index is 12.7. The summed E-state index contributed by atoms with van der Waals surface area (Å²) in [5.41, 5.74) is 5.16. The summed E-state index contributed by atoms with van der Waals surface area (Å²) in [4.78, 5) is 11.7. The lowest BCUT2D eigenvalue weighted by Gasteiger charge is -2.24. The fraction of sp³-hybridized carbons (Fsp3) is 0.500. The largest absolute Gasteiger partial charge is 0.416 e. The van der Waals surface area contributed by atoms with Crippen LogP contribution in [0.3, 0.4) is 0 Å². The number of carbonyl (C=O) groups excluding carboxylic acids is 1. The molecule has 0 heterocycles. The normalized spacial score (nSPS) is 15.0. The zero-order valence-corrected chi connectivity index (χ0v) is 11.7. The maximum atomic E-state index is 12.7. The first kappa shape index (κ1) is 16.5. The fourth-order valence-electron chi connectivity index (χ4n) is 1.83. The Kier molecular flexibility index (Phi) is 5.16. The lowest BCUT2D eigenvalue weighted by molar-refractivity contribution is -0.137. The monoisotopic (exact) mass is 288 g/mol. The summed E-state index contributed by atoms with van der Waals surface area (Å²) in [6.45, 7) is 5.18. The van der Waals surface area contributed by atoms with Gasteiger partial charge in [-0.2, -0.15) is 13.2 Å². The first-order valence-electron chi connectivity index (χ1n) is 6.36. The van der Waals surface area contributed by atoms with Crippen molar-refractivity contribution in [1.82, 2.24) is 5.32 Å². The van der Waals surface area contributed by atoms with Crippen molar-refractivity contribution in [3.05, 3.63) is 35.4 Å². The molecule has 0 fully saturated rings. The lowest BCUT2D eigenvalue weighted by atomic mass is 9.94. The first-order valence-corrected chi connectivity index (χ1v) is 6.36. The summed E-state index contributed by atoms with van der Waals surface area (Å²) in [6, 6.07) is 3.77. The van der Waals surface area contributed by atoms with E-state index in [-0.39, 0.29) is 11.8 Å². The number of nitrogens with one attached hydrogen (secondary N) is 1. The van der Waals surface area contributed by atoms with Crippen LogP contribution < -0.4 is 11.1 Å². The van der Waals surface area contributed by atoms with Crippen molar-refractivity contribution in [3.63, 3.8) is 0 Å². The summed E-state index contributed by atoms with van der Waals surface area (Å²) in [5.74, 6) is -0.442. The van der Waals surface area contributed by atoms with Crippen molar-refractivity contribution in [2.45, 2.75) is 39.0 Å². The van der Waals surface area contributed by atoms with E-state index in [0.29, 0.717) is 5.56 Å². The van der Waals surface area contributed by atoms with E-state index in [1.807, 2.05) is 13.8 Å². The Morgan fingerprint density at radius 1 is 1.25 bits per heavy atom. The van der Waals surface area contributed by atoms with Gasteiger partial charge < -0.3 is 11.1 Å². The molecule has 1 aromatic carbocycles. The minimum absolute atomic E-state index is 0.0545. The number of amides is 1. The van der Waals surface area contributed by atoms with Crippen LogP contribution in [0.1, 0.15) is 37.9 Å². The number of halogens is 3. The number of hydrogen-bond donors (Lipinski definition) is 2. The first-order chi connectivity index (χ1) is 9.12. The van der Waals surface area contributed by atoms with Crippen LogP contribution in [0.5, 0.6) is 0 Å². The number of rotatable bonds is 4. The summed E-state index contributed by atoms with van der Waals surface area (Å²) in [7, 11) is 0. The number of alkyl halides is 3. The minimum atomic E-state index is -4.40. The second-order valence-corrected chi connectivity index (χ2v) is 5.14. The number of nitrogens with two attached hydrogens (primary N) is 1. The predicted molar refractivity (Wildman–Crippen MR) is 70.8 cm³/mol. The topological polar surface area (TPSA) is 55.1 Å². The van der Waals surface area contributed by atoms with Gasteiger partial charge >= 0.3 is 6.18 Å². The quantitative estimate of drug-likeness (QED) is 0.895. The number of hydrogen-bond acceptors (Lipinski definition) is 2. The van der Waals surface area contributed by atoms with Gasteiger partial charge in [0.2, 0.25) is 5.91 Å². The van der Waals surface area contributed by atoms with Crippen LogP contribution in [0.4, 0.5) is 13.2 Å². The van der Waals surface area contributed by atoms with Crippen molar-refractivity contribution >= 4 is 5.91 Å². The molecule has 1 aromatic rings. The Hall–Kier alpha value is -1.56. The van der Waals surface area contributed by atoms with E-state index in [1.54, 1.807) is 6.07 Å². The molecule has 0 aliphatic carbocycles. The zero-order chi connectivity index (χ0) is 15.5. The van der Waals surface area contributed by atoms with Crippen LogP contribution in [0.25, 0.3) is 0 Å². The van der Waals surface area contributed by atoms with Crippen molar-refractivity contribution in [2.24, 2.45) is 11.7 Å². The van der Waals surface area contributed by atoms with Crippen molar-refractivity contribution in [1.29, 1.82) is 0 Å². The average molecular weight is 288 g/mol. The predicted octanol–water partition coefficient (Wildman–Crippen LogP) is 2.87. The van der Waals surface area contributed by atoms with Crippen LogP contribution in [0.2, 0.25) is 0 Å². The van der Waals surface area contributed by atoms with Gasteiger partial charge in [0.1, 0.15) is 0 Å². The molecular weight excluding hydrogens is 269 g/mol. The SMILES string of the molecule is CC(C)C(NC(=O)[C@@H](C)N)c1cccc(C(F)(F)F)c1. The number of carbonyl (C=O) groups is 1. The molecule has 0 radical (unpaired) electrons. The van der Waals surface area contributed by atoms with Crippen molar-refractivity contribution < 1.29 is 18.0 Å². The van der Waals surface area contributed by atoms with Crippen molar-refractivity contribution in [2.75, 3.05) is 0 Å². The summed E-state index contributed by atoms with van der Waals surface area (Å²) < 4.78 is 38.1. The smallest absolute Gasteiger partial charge is 0.348 e. The third kappa shape index (κ3) is 4.23. The molecule has 0 saturated carbocycles. The molecule has 0 spiro atoms. The standard InChI is InChI=1S/C14H19F3N2O/c1-8(2)12(19-13(20)9(3)18)10-5-4-6-11(7-10)14(15,16)17/h4-9,12H,18H2,1-3H3,(H,19,20)/t9-,12?/m1/s1. The van der Waals surface area contributed by atoms with Crippen LogP contribution in [0, 0.1) is 5.92 Å². The van der Waals surface area contributed by atoms with Gasteiger partial charge in [0, 0.05) is 0 Å². The molecule has 0 aromatic heterocycles. The van der Waals surface area contributed by atoms with E-state index in [1.165, 1.54) is 13.0 Å². The van der Waals surface area contributed by atoms with Gasteiger partial charge in [-0.15, -0.1) is 0 Å². The lowest BCUT2D eigenvalue weighted by Crippen LogP contribution is -2.41. The molecule has 3 N–H and O–H groups in total. The highest BCUT2D eigenvalue weighted by atomic mass is 19.4. The van der Waals surface area contributed by atoms with E-state index >= 15 is 0 Å². The zero-order valence-electron chi connectivity index (χ0n) is 11.7. The van der Waals surface area contributed by atoms with Crippen LogP contribution in [-0.2, 0) is 11.0 Å². The highest BCUT2D eigenvalue weighted by Gasteiger charge is 2.31. The molecule has 0 aliphatic rings. The summed E-state index contributed by atoms with van der Waals surface area (Å²) in [6.07, 6.45) is -4.40. The van der Waals surface area contributed by atoms with E-state index < -0.39 is 23.8 Å². The molecule has 20 heavy (non-hydrogen) atoms. The third-order valence-electron chi connectivity index (χ3n) is 2.95. The molecule has 0 saturated heterocycles. The van der Waals surface area contributed by atoms with Gasteiger partial charge in [-0.1, -0.05) is 26.0 Å². The molecule has 112 valence electrons. The van der Waals surface area contributed by atoms with E-state index in [0.717, 1.165) is 12.1 Å². The van der Waals surface area contributed by atoms with Crippen LogP contribution in [0.15, 0.2) is 24.3 Å². The molecule has 1 amide bonds. The van der Waals surface area contributed by atoms with Gasteiger partial charge in [0.15, 0.2) is 0 Å². The molecule has 0 bridgehead atoms. The molecule has 6 heteroatoms. The Balaban J connectivity index is 3.07. The van der Waals surface area contributed by atoms with Gasteiger partial charge in [0.05, 0.1) is 17.6 Å².